The van der Waals surface area contributed by atoms with Crippen molar-refractivity contribution in [3.63, 3.8) is 0 Å². The Bertz CT molecular complexity index is 328. The molecule has 20 heavy (non-hydrogen) atoms. The molecule has 1 rings (SSSR count). The van der Waals surface area contributed by atoms with Crippen molar-refractivity contribution in [2.24, 2.45) is 5.92 Å². The first-order valence-corrected chi connectivity index (χ1v) is 8.95. The lowest BCUT2D eigenvalue weighted by molar-refractivity contribution is 0.437. The minimum atomic E-state index is 0.926. The summed E-state index contributed by atoms with van der Waals surface area (Å²) in [6.07, 6.45) is 13.8. The van der Waals surface area contributed by atoms with Crippen LogP contribution in [0.5, 0.6) is 0 Å². The maximum absolute atomic E-state index is 4.32. The molecular formula is C19H32S. The summed E-state index contributed by atoms with van der Waals surface area (Å²) in [7, 11) is 0. The van der Waals surface area contributed by atoms with Gasteiger partial charge in [0.25, 0.3) is 0 Å². The fourth-order valence-corrected chi connectivity index (χ4v) is 2.87. The summed E-state index contributed by atoms with van der Waals surface area (Å²) >= 11 is 4.32. The Morgan fingerprint density at radius 3 is 2.05 bits per heavy atom. The Hall–Kier alpha value is -0.430. The third-order valence-corrected chi connectivity index (χ3v) is 4.45. The summed E-state index contributed by atoms with van der Waals surface area (Å²) in [5, 5.41) is 0. The minimum Gasteiger partial charge on any atom is -0.143 e. The second-order valence-corrected chi connectivity index (χ2v) is 6.74. The predicted molar refractivity (Wildman–Crippen MR) is 93.8 cm³/mol. The molecule has 114 valence electrons. The van der Waals surface area contributed by atoms with Gasteiger partial charge in [0, 0.05) is 4.90 Å². The number of unbranched alkanes of at least 4 members (excludes halogenated alkanes) is 5. The Morgan fingerprint density at radius 2 is 1.45 bits per heavy atom. The fraction of sp³-hybridized carbons (Fsp3) is 0.684. The zero-order valence-corrected chi connectivity index (χ0v) is 14.3. The number of aryl methyl sites for hydroxylation is 1. The first-order chi connectivity index (χ1) is 9.72. The van der Waals surface area contributed by atoms with E-state index in [1.165, 1.54) is 69.8 Å². The molecule has 0 spiro atoms. The Balaban J connectivity index is 1.97. The molecule has 0 N–H and O–H groups in total. The zero-order chi connectivity index (χ0) is 14.6. The van der Waals surface area contributed by atoms with Gasteiger partial charge in [0.05, 0.1) is 0 Å². The van der Waals surface area contributed by atoms with Crippen molar-refractivity contribution in [3.8, 4) is 0 Å². The predicted octanol–water partition coefficient (Wildman–Crippen LogP) is 6.68. The van der Waals surface area contributed by atoms with Gasteiger partial charge in [-0.3, -0.25) is 0 Å². The second-order valence-electron chi connectivity index (χ2n) is 6.22. The highest BCUT2D eigenvalue weighted by atomic mass is 32.1. The first-order valence-electron chi connectivity index (χ1n) is 8.50. The molecule has 0 fully saturated rings. The van der Waals surface area contributed by atoms with Gasteiger partial charge in [-0.15, -0.1) is 12.6 Å². The summed E-state index contributed by atoms with van der Waals surface area (Å²) in [5.74, 6) is 0.926. The van der Waals surface area contributed by atoms with Gasteiger partial charge in [-0.25, -0.2) is 0 Å². The summed E-state index contributed by atoms with van der Waals surface area (Å²) in [4.78, 5) is 1.06. The van der Waals surface area contributed by atoms with Crippen molar-refractivity contribution >= 4 is 12.6 Å². The molecule has 0 radical (unpaired) electrons. The molecule has 0 nitrogen and oxygen atoms in total. The van der Waals surface area contributed by atoms with Crippen LogP contribution in [0.2, 0.25) is 0 Å². The number of hydrogen-bond acceptors (Lipinski definition) is 1. The highest BCUT2D eigenvalue weighted by Gasteiger charge is 2.02. The zero-order valence-electron chi connectivity index (χ0n) is 13.4. The Kier molecular flexibility index (Phi) is 9.92. The highest BCUT2D eigenvalue weighted by Crippen LogP contribution is 2.18. The van der Waals surface area contributed by atoms with Crippen molar-refractivity contribution in [2.75, 3.05) is 0 Å². The fourth-order valence-electron chi connectivity index (χ4n) is 2.73. The van der Waals surface area contributed by atoms with Gasteiger partial charge in [0.2, 0.25) is 0 Å². The normalized spacial score (nSPS) is 12.6. The molecule has 1 aromatic rings. The third-order valence-electron chi connectivity index (χ3n) is 4.15. The van der Waals surface area contributed by atoms with E-state index in [1.54, 1.807) is 0 Å². The van der Waals surface area contributed by atoms with Gasteiger partial charge in [-0.05, 0) is 36.5 Å². The molecule has 1 heteroatoms. The van der Waals surface area contributed by atoms with Crippen LogP contribution in [-0.2, 0) is 6.42 Å². The lowest BCUT2D eigenvalue weighted by atomic mass is 9.96. The first kappa shape index (κ1) is 17.6. The van der Waals surface area contributed by atoms with Crippen LogP contribution >= 0.6 is 12.6 Å². The van der Waals surface area contributed by atoms with E-state index >= 15 is 0 Å². The number of rotatable bonds is 11. The van der Waals surface area contributed by atoms with Gasteiger partial charge >= 0.3 is 0 Å². The van der Waals surface area contributed by atoms with E-state index < -0.39 is 0 Å². The average molecular weight is 293 g/mol. The molecule has 1 aromatic carbocycles. The van der Waals surface area contributed by atoms with Gasteiger partial charge < -0.3 is 0 Å². The van der Waals surface area contributed by atoms with Crippen LogP contribution in [0.3, 0.4) is 0 Å². The van der Waals surface area contributed by atoms with Crippen LogP contribution in [-0.4, -0.2) is 0 Å². The third kappa shape index (κ3) is 8.68. The van der Waals surface area contributed by atoms with Crippen LogP contribution in [0.25, 0.3) is 0 Å². The molecular weight excluding hydrogens is 260 g/mol. The van der Waals surface area contributed by atoms with E-state index in [4.69, 9.17) is 0 Å². The van der Waals surface area contributed by atoms with Crippen LogP contribution < -0.4 is 0 Å². The molecule has 0 aliphatic heterocycles. The molecule has 1 atom stereocenters. The maximum Gasteiger partial charge on any atom is 0.00401 e. The topological polar surface area (TPSA) is 0 Å². The Morgan fingerprint density at radius 1 is 0.850 bits per heavy atom. The molecule has 0 aliphatic carbocycles. The van der Waals surface area contributed by atoms with E-state index in [-0.39, 0.29) is 0 Å². The summed E-state index contributed by atoms with van der Waals surface area (Å²) < 4.78 is 0. The van der Waals surface area contributed by atoms with Crippen LogP contribution in [0.4, 0.5) is 0 Å². The van der Waals surface area contributed by atoms with E-state index in [0.717, 1.165) is 10.8 Å². The molecule has 0 amide bonds. The largest absolute Gasteiger partial charge is 0.143 e. The standard InChI is InChI=1S/C19H32S/c1-3-4-5-7-10-17(2)11-8-6-9-12-18-13-15-19(20)16-14-18/h13-17,20H,3-12H2,1-2H3. The monoisotopic (exact) mass is 292 g/mol. The smallest absolute Gasteiger partial charge is 0.00401 e. The second kappa shape index (κ2) is 11.3. The van der Waals surface area contributed by atoms with Crippen LogP contribution in [0.15, 0.2) is 29.2 Å². The van der Waals surface area contributed by atoms with Gasteiger partial charge in [-0.2, -0.15) is 0 Å². The van der Waals surface area contributed by atoms with Crippen LogP contribution in [0.1, 0.15) is 77.2 Å². The minimum absolute atomic E-state index is 0.926. The molecule has 0 saturated heterocycles. The molecule has 1 unspecified atom stereocenters. The quantitative estimate of drug-likeness (QED) is 0.341. The number of thiol groups is 1. The van der Waals surface area contributed by atoms with Crippen LogP contribution in [0, 0.1) is 5.92 Å². The maximum atomic E-state index is 4.32. The van der Waals surface area contributed by atoms with Crippen molar-refractivity contribution in [3.05, 3.63) is 29.8 Å². The van der Waals surface area contributed by atoms with Crippen molar-refractivity contribution in [1.29, 1.82) is 0 Å². The van der Waals surface area contributed by atoms with E-state index in [9.17, 15) is 0 Å². The molecule has 0 aromatic heterocycles. The molecule has 0 bridgehead atoms. The number of benzene rings is 1. The van der Waals surface area contributed by atoms with E-state index in [0.29, 0.717) is 0 Å². The van der Waals surface area contributed by atoms with Gasteiger partial charge in [-0.1, -0.05) is 77.3 Å². The van der Waals surface area contributed by atoms with E-state index in [2.05, 4.69) is 50.7 Å². The van der Waals surface area contributed by atoms with E-state index in [1.807, 2.05) is 0 Å². The SMILES string of the molecule is CCCCCCC(C)CCCCCc1ccc(S)cc1. The lowest BCUT2D eigenvalue weighted by Crippen LogP contribution is -1.95. The summed E-state index contributed by atoms with van der Waals surface area (Å²) in [6, 6.07) is 8.60. The van der Waals surface area contributed by atoms with Crippen molar-refractivity contribution in [2.45, 2.75) is 83.0 Å². The lowest BCUT2D eigenvalue weighted by Gasteiger charge is -2.10. The highest BCUT2D eigenvalue weighted by molar-refractivity contribution is 7.80. The molecule has 0 aliphatic rings. The summed E-state index contributed by atoms with van der Waals surface area (Å²) in [6.45, 7) is 4.71. The molecule has 0 heterocycles. The van der Waals surface area contributed by atoms with Gasteiger partial charge in [0.1, 0.15) is 0 Å². The number of hydrogen-bond donors (Lipinski definition) is 1. The average Bonchev–Trinajstić information content (AvgIpc) is 2.45. The van der Waals surface area contributed by atoms with Crippen molar-refractivity contribution in [1.82, 2.24) is 0 Å². The molecule has 0 saturated carbocycles. The Labute approximate surface area is 131 Å². The summed E-state index contributed by atoms with van der Waals surface area (Å²) in [5.41, 5.74) is 1.45. The van der Waals surface area contributed by atoms with Gasteiger partial charge in [0.15, 0.2) is 0 Å². The van der Waals surface area contributed by atoms with Crippen molar-refractivity contribution < 1.29 is 0 Å².